The van der Waals surface area contributed by atoms with Gasteiger partial charge in [-0.05, 0) is 30.3 Å². The number of ether oxygens (including phenoxy) is 1. The first kappa shape index (κ1) is 15.5. The number of likely N-dealkylation sites (N-methyl/N-ethyl adjacent to an activating group) is 1. The van der Waals surface area contributed by atoms with Gasteiger partial charge in [0.2, 0.25) is 0 Å². The topological polar surface area (TPSA) is 51.4 Å². The minimum Gasteiger partial charge on any atom is -0.492 e. The third-order valence-electron chi connectivity index (χ3n) is 3.46. The fourth-order valence-electron chi connectivity index (χ4n) is 2.19. The molecule has 112 valence electrons. The van der Waals surface area contributed by atoms with Gasteiger partial charge < -0.3 is 10.5 Å². The fourth-order valence-corrected chi connectivity index (χ4v) is 2.19. The molecule has 0 spiro atoms. The summed E-state index contributed by atoms with van der Waals surface area (Å²) in [7, 11) is 0. The minimum absolute atomic E-state index is 0.505. The summed E-state index contributed by atoms with van der Waals surface area (Å²) in [5.41, 5.74) is 8.04. The molecule has 0 saturated heterocycles. The van der Waals surface area contributed by atoms with Crippen molar-refractivity contribution in [3.8, 4) is 5.75 Å². The van der Waals surface area contributed by atoms with Gasteiger partial charge >= 0.3 is 0 Å². The zero-order chi connectivity index (χ0) is 14.9. The maximum absolute atomic E-state index is 5.86. The first-order valence-electron chi connectivity index (χ1n) is 7.35. The van der Waals surface area contributed by atoms with E-state index in [0.717, 1.165) is 30.9 Å². The molecule has 0 fully saturated rings. The van der Waals surface area contributed by atoms with Crippen molar-refractivity contribution in [3.05, 3.63) is 59.9 Å². The molecule has 2 aromatic rings. The molecule has 0 atom stereocenters. The number of para-hydroxylation sites is 1. The SMILES string of the molecule is CCN(CCOc1ccccc1CN)Cc1ccncc1. The standard InChI is InChI=1S/C17H23N3O/c1-2-20(14-15-7-9-19-10-8-15)11-12-21-17-6-4-3-5-16(17)13-18/h3-10H,2,11-14,18H2,1H3. The van der Waals surface area contributed by atoms with Crippen molar-refractivity contribution in [1.82, 2.24) is 9.88 Å². The molecule has 1 heterocycles. The van der Waals surface area contributed by atoms with Gasteiger partial charge in [0.15, 0.2) is 0 Å². The highest BCUT2D eigenvalue weighted by Gasteiger charge is 2.05. The molecule has 1 aromatic carbocycles. The molecular formula is C17H23N3O. The van der Waals surface area contributed by atoms with Crippen LogP contribution in [0.15, 0.2) is 48.8 Å². The van der Waals surface area contributed by atoms with Crippen LogP contribution < -0.4 is 10.5 Å². The third kappa shape index (κ3) is 4.85. The number of benzene rings is 1. The molecule has 2 rings (SSSR count). The van der Waals surface area contributed by atoms with Crippen molar-refractivity contribution >= 4 is 0 Å². The van der Waals surface area contributed by atoms with E-state index in [2.05, 4.69) is 16.8 Å². The molecular weight excluding hydrogens is 262 g/mol. The molecule has 0 radical (unpaired) electrons. The zero-order valence-corrected chi connectivity index (χ0v) is 12.5. The van der Waals surface area contributed by atoms with Crippen LogP contribution in [-0.2, 0) is 13.1 Å². The van der Waals surface area contributed by atoms with Crippen LogP contribution in [-0.4, -0.2) is 29.6 Å². The lowest BCUT2D eigenvalue weighted by molar-refractivity contribution is 0.209. The van der Waals surface area contributed by atoms with Crippen molar-refractivity contribution in [3.63, 3.8) is 0 Å². The molecule has 21 heavy (non-hydrogen) atoms. The van der Waals surface area contributed by atoms with E-state index >= 15 is 0 Å². The monoisotopic (exact) mass is 285 g/mol. The minimum atomic E-state index is 0.505. The Hall–Kier alpha value is -1.91. The highest BCUT2D eigenvalue weighted by Crippen LogP contribution is 2.17. The Balaban J connectivity index is 1.83. The molecule has 0 bridgehead atoms. The quantitative estimate of drug-likeness (QED) is 0.809. The lowest BCUT2D eigenvalue weighted by Crippen LogP contribution is -2.28. The molecule has 2 N–H and O–H groups in total. The second-order valence-electron chi connectivity index (χ2n) is 4.88. The van der Waals surface area contributed by atoms with Gasteiger partial charge in [-0.15, -0.1) is 0 Å². The van der Waals surface area contributed by atoms with Gasteiger partial charge in [0, 0.05) is 37.6 Å². The van der Waals surface area contributed by atoms with E-state index in [0.29, 0.717) is 13.2 Å². The summed E-state index contributed by atoms with van der Waals surface area (Å²) in [4.78, 5) is 6.39. The largest absolute Gasteiger partial charge is 0.492 e. The highest BCUT2D eigenvalue weighted by atomic mass is 16.5. The van der Waals surface area contributed by atoms with E-state index in [1.165, 1.54) is 5.56 Å². The smallest absolute Gasteiger partial charge is 0.123 e. The molecule has 0 saturated carbocycles. The van der Waals surface area contributed by atoms with Crippen LogP contribution in [0.25, 0.3) is 0 Å². The van der Waals surface area contributed by atoms with E-state index < -0.39 is 0 Å². The lowest BCUT2D eigenvalue weighted by Gasteiger charge is -2.21. The first-order chi connectivity index (χ1) is 10.3. The first-order valence-corrected chi connectivity index (χ1v) is 7.35. The molecule has 0 aliphatic carbocycles. The second kappa shape index (κ2) is 8.39. The van der Waals surface area contributed by atoms with E-state index in [1.54, 1.807) is 0 Å². The maximum atomic E-state index is 5.86. The average Bonchev–Trinajstić information content (AvgIpc) is 2.55. The van der Waals surface area contributed by atoms with Gasteiger partial charge in [-0.3, -0.25) is 9.88 Å². The molecule has 0 amide bonds. The summed E-state index contributed by atoms with van der Waals surface area (Å²) in [6.07, 6.45) is 3.66. The Morgan fingerprint density at radius 1 is 1.14 bits per heavy atom. The Labute approximate surface area is 126 Å². The number of rotatable bonds is 8. The Bertz CT molecular complexity index is 531. The van der Waals surface area contributed by atoms with Crippen LogP contribution in [0.2, 0.25) is 0 Å². The summed E-state index contributed by atoms with van der Waals surface area (Å²) in [6, 6.07) is 12.0. The van der Waals surface area contributed by atoms with Crippen LogP contribution >= 0.6 is 0 Å². The third-order valence-corrected chi connectivity index (χ3v) is 3.46. The second-order valence-corrected chi connectivity index (χ2v) is 4.88. The van der Waals surface area contributed by atoms with Crippen LogP contribution in [0.1, 0.15) is 18.1 Å². The van der Waals surface area contributed by atoms with Crippen molar-refractivity contribution in [2.45, 2.75) is 20.0 Å². The molecule has 0 unspecified atom stereocenters. The fraction of sp³-hybridized carbons (Fsp3) is 0.353. The van der Waals surface area contributed by atoms with Crippen LogP contribution in [0.3, 0.4) is 0 Å². The molecule has 1 aromatic heterocycles. The predicted molar refractivity (Wildman–Crippen MR) is 85.0 cm³/mol. The number of nitrogens with zero attached hydrogens (tertiary/aromatic N) is 2. The Kier molecular flexibility index (Phi) is 6.19. The van der Waals surface area contributed by atoms with Gasteiger partial charge in [0.1, 0.15) is 12.4 Å². The van der Waals surface area contributed by atoms with Crippen LogP contribution in [0.5, 0.6) is 5.75 Å². The maximum Gasteiger partial charge on any atom is 0.123 e. The summed E-state index contributed by atoms with van der Waals surface area (Å²) in [5, 5.41) is 0. The summed E-state index contributed by atoms with van der Waals surface area (Å²) < 4.78 is 5.86. The van der Waals surface area contributed by atoms with E-state index in [1.807, 2.05) is 48.8 Å². The van der Waals surface area contributed by atoms with E-state index in [4.69, 9.17) is 10.5 Å². The zero-order valence-electron chi connectivity index (χ0n) is 12.5. The molecule has 4 nitrogen and oxygen atoms in total. The lowest BCUT2D eigenvalue weighted by atomic mass is 10.2. The van der Waals surface area contributed by atoms with Gasteiger partial charge in [-0.2, -0.15) is 0 Å². The van der Waals surface area contributed by atoms with Gasteiger partial charge in [-0.1, -0.05) is 25.1 Å². The van der Waals surface area contributed by atoms with Gasteiger partial charge in [0.05, 0.1) is 0 Å². The van der Waals surface area contributed by atoms with Crippen molar-refractivity contribution < 1.29 is 4.74 Å². The Morgan fingerprint density at radius 3 is 2.62 bits per heavy atom. The normalized spacial score (nSPS) is 10.8. The van der Waals surface area contributed by atoms with Crippen molar-refractivity contribution in [2.24, 2.45) is 5.73 Å². The van der Waals surface area contributed by atoms with Gasteiger partial charge in [0.25, 0.3) is 0 Å². The van der Waals surface area contributed by atoms with E-state index in [-0.39, 0.29) is 0 Å². The van der Waals surface area contributed by atoms with Gasteiger partial charge in [-0.25, -0.2) is 0 Å². The number of pyridine rings is 1. The average molecular weight is 285 g/mol. The molecule has 0 aliphatic rings. The molecule has 4 heteroatoms. The van der Waals surface area contributed by atoms with Crippen LogP contribution in [0, 0.1) is 0 Å². The number of hydrogen-bond donors (Lipinski definition) is 1. The van der Waals surface area contributed by atoms with Crippen LogP contribution in [0.4, 0.5) is 0 Å². The predicted octanol–water partition coefficient (Wildman–Crippen LogP) is 2.44. The molecule has 0 aliphatic heterocycles. The summed E-state index contributed by atoms with van der Waals surface area (Å²) in [6.45, 7) is 6.12. The Morgan fingerprint density at radius 2 is 1.90 bits per heavy atom. The number of nitrogens with two attached hydrogens (primary N) is 1. The van der Waals surface area contributed by atoms with Crippen molar-refractivity contribution in [1.29, 1.82) is 0 Å². The number of aromatic nitrogens is 1. The van der Waals surface area contributed by atoms with Crippen molar-refractivity contribution in [2.75, 3.05) is 19.7 Å². The summed E-state index contributed by atoms with van der Waals surface area (Å²) in [5.74, 6) is 0.889. The number of hydrogen-bond acceptors (Lipinski definition) is 4. The highest BCUT2D eigenvalue weighted by molar-refractivity contribution is 5.32. The van der Waals surface area contributed by atoms with E-state index in [9.17, 15) is 0 Å². The summed E-state index contributed by atoms with van der Waals surface area (Å²) >= 11 is 0.